The maximum atomic E-state index is 10.2. The molecule has 3 nitrogen and oxygen atoms in total. The molecule has 0 bridgehead atoms. The molecule has 0 spiro atoms. The van der Waals surface area contributed by atoms with Crippen LogP contribution in [0, 0.1) is 11.3 Å². The normalized spacial score (nSPS) is 11.2. The van der Waals surface area contributed by atoms with Crippen LogP contribution in [0.1, 0.15) is 16.7 Å². The summed E-state index contributed by atoms with van der Waals surface area (Å²) in [4.78, 5) is 0. The molecule has 3 aromatic carbocycles. The van der Waals surface area contributed by atoms with Crippen molar-refractivity contribution in [1.29, 1.82) is 5.26 Å². The van der Waals surface area contributed by atoms with E-state index in [0.29, 0.717) is 23.3 Å². The number of fused-ring (bicyclic) bond motifs is 1. The molecular formula is C23H19NO2. The Bertz CT molecular complexity index is 1040. The van der Waals surface area contributed by atoms with Crippen molar-refractivity contribution in [2.45, 2.75) is 6.42 Å². The van der Waals surface area contributed by atoms with Gasteiger partial charge in [0.15, 0.2) is 11.5 Å². The Kier molecular flexibility index (Phi) is 5.05. The summed E-state index contributed by atoms with van der Waals surface area (Å²) < 4.78 is 5.27. The van der Waals surface area contributed by atoms with E-state index in [1.807, 2.05) is 54.6 Å². The number of methoxy groups -OCH3 is 1. The van der Waals surface area contributed by atoms with E-state index in [9.17, 15) is 10.4 Å². The average molecular weight is 341 g/mol. The zero-order valence-corrected chi connectivity index (χ0v) is 14.6. The van der Waals surface area contributed by atoms with Gasteiger partial charge in [0.2, 0.25) is 0 Å². The summed E-state index contributed by atoms with van der Waals surface area (Å²) in [6, 6.07) is 19.8. The van der Waals surface area contributed by atoms with Crippen molar-refractivity contribution >= 4 is 22.4 Å². The highest BCUT2D eigenvalue weighted by Crippen LogP contribution is 2.34. The van der Waals surface area contributed by atoms with E-state index in [2.05, 4.69) is 12.6 Å². The highest BCUT2D eigenvalue weighted by atomic mass is 16.5. The fourth-order valence-corrected chi connectivity index (χ4v) is 3.04. The quantitative estimate of drug-likeness (QED) is 0.387. The number of phenols is 1. The van der Waals surface area contributed by atoms with Crippen molar-refractivity contribution in [2.24, 2.45) is 0 Å². The van der Waals surface area contributed by atoms with Crippen LogP contribution < -0.4 is 4.74 Å². The number of allylic oxidation sites excluding steroid dienone is 2. The van der Waals surface area contributed by atoms with Gasteiger partial charge in [-0.1, -0.05) is 48.5 Å². The van der Waals surface area contributed by atoms with Crippen LogP contribution in [0.5, 0.6) is 11.5 Å². The van der Waals surface area contributed by atoms with E-state index in [1.165, 1.54) is 7.11 Å². The van der Waals surface area contributed by atoms with Gasteiger partial charge in [0.05, 0.1) is 18.8 Å². The first kappa shape index (κ1) is 17.3. The van der Waals surface area contributed by atoms with Gasteiger partial charge < -0.3 is 9.84 Å². The Hall–Kier alpha value is -3.51. The van der Waals surface area contributed by atoms with Gasteiger partial charge in [-0.2, -0.15) is 5.26 Å². The molecule has 0 aliphatic carbocycles. The number of nitrogens with zero attached hydrogens (tertiary/aromatic N) is 1. The highest BCUT2D eigenvalue weighted by Gasteiger charge is 2.11. The molecule has 1 N–H and O–H groups in total. The van der Waals surface area contributed by atoms with Crippen molar-refractivity contribution in [1.82, 2.24) is 0 Å². The zero-order valence-electron chi connectivity index (χ0n) is 14.6. The Morgan fingerprint density at radius 3 is 2.69 bits per heavy atom. The number of hydrogen-bond acceptors (Lipinski definition) is 3. The van der Waals surface area contributed by atoms with Crippen LogP contribution in [-0.4, -0.2) is 12.2 Å². The number of ether oxygens (including phenoxy) is 1. The molecule has 0 saturated carbocycles. The first-order chi connectivity index (χ1) is 12.7. The number of hydrogen-bond donors (Lipinski definition) is 1. The monoisotopic (exact) mass is 341 g/mol. The largest absolute Gasteiger partial charge is 0.504 e. The van der Waals surface area contributed by atoms with Crippen molar-refractivity contribution in [3.05, 3.63) is 83.9 Å². The third-order valence-corrected chi connectivity index (χ3v) is 4.27. The topological polar surface area (TPSA) is 53.2 Å². The summed E-state index contributed by atoms with van der Waals surface area (Å²) in [6.07, 6.45) is 4.05. The molecule has 0 atom stereocenters. The van der Waals surface area contributed by atoms with Crippen LogP contribution in [0.3, 0.4) is 0 Å². The molecule has 0 fully saturated rings. The van der Waals surface area contributed by atoms with E-state index in [0.717, 1.165) is 21.9 Å². The third kappa shape index (κ3) is 3.31. The maximum Gasteiger partial charge on any atom is 0.161 e. The molecule has 0 aromatic heterocycles. The molecule has 0 aliphatic rings. The molecule has 3 aromatic rings. The number of rotatable bonds is 5. The number of phenolic OH excluding ortho intramolecular Hbond substituents is 1. The van der Waals surface area contributed by atoms with E-state index in [-0.39, 0.29) is 5.75 Å². The smallest absolute Gasteiger partial charge is 0.161 e. The molecule has 0 amide bonds. The molecule has 0 radical (unpaired) electrons. The van der Waals surface area contributed by atoms with Crippen LogP contribution in [0.2, 0.25) is 0 Å². The van der Waals surface area contributed by atoms with Gasteiger partial charge >= 0.3 is 0 Å². The minimum atomic E-state index is 0.105. The van der Waals surface area contributed by atoms with Crippen LogP contribution in [0.4, 0.5) is 0 Å². The molecule has 0 aliphatic heterocycles. The van der Waals surface area contributed by atoms with Crippen molar-refractivity contribution in [2.75, 3.05) is 7.11 Å². The second-order valence-electron chi connectivity index (χ2n) is 5.92. The lowest BCUT2D eigenvalue weighted by Gasteiger charge is -2.10. The summed E-state index contributed by atoms with van der Waals surface area (Å²) in [5.74, 6) is 0.485. The van der Waals surface area contributed by atoms with Crippen molar-refractivity contribution in [3.8, 4) is 17.6 Å². The molecule has 0 unspecified atom stereocenters. The highest BCUT2D eigenvalue weighted by molar-refractivity contribution is 6.01. The molecule has 26 heavy (non-hydrogen) atoms. The Labute approximate surface area is 153 Å². The minimum Gasteiger partial charge on any atom is -0.504 e. The Balaban J connectivity index is 2.17. The van der Waals surface area contributed by atoms with Gasteiger partial charge in [-0.25, -0.2) is 0 Å². The lowest BCUT2D eigenvalue weighted by atomic mass is 9.96. The summed E-state index contributed by atoms with van der Waals surface area (Å²) in [7, 11) is 1.51. The fraction of sp³-hybridized carbons (Fsp3) is 0.0870. The van der Waals surface area contributed by atoms with E-state index < -0.39 is 0 Å². The van der Waals surface area contributed by atoms with Gasteiger partial charge in [-0.15, -0.1) is 6.58 Å². The van der Waals surface area contributed by atoms with E-state index >= 15 is 0 Å². The van der Waals surface area contributed by atoms with Gasteiger partial charge in [0.25, 0.3) is 0 Å². The van der Waals surface area contributed by atoms with Crippen molar-refractivity contribution < 1.29 is 9.84 Å². The second kappa shape index (κ2) is 7.58. The summed E-state index contributed by atoms with van der Waals surface area (Å²) in [6.45, 7) is 3.72. The van der Waals surface area contributed by atoms with Crippen LogP contribution in [-0.2, 0) is 6.42 Å². The minimum absolute atomic E-state index is 0.105. The van der Waals surface area contributed by atoms with E-state index in [4.69, 9.17) is 4.74 Å². The van der Waals surface area contributed by atoms with E-state index in [1.54, 1.807) is 12.1 Å². The Morgan fingerprint density at radius 2 is 1.96 bits per heavy atom. The second-order valence-corrected chi connectivity index (χ2v) is 5.92. The predicted octanol–water partition coefficient (Wildman–Crippen LogP) is 5.35. The lowest BCUT2D eigenvalue weighted by molar-refractivity contribution is 0.371. The predicted molar refractivity (Wildman–Crippen MR) is 106 cm³/mol. The van der Waals surface area contributed by atoms with Crippen molar-refractivity contribution in [3.63, 3.8) is 0 Å². The first-order valence-electron chi connectivity index (χ1n) is 8.28. The maximum absolute atomic E-state index is 10.2. The first-order valence-corrected chi connectivity index (χ1v) is 8.28. The SMILES string of the molecule is C=CCc1cc(/C=C(\C#N)c2cccc3ccccc23)cc(OC)c1O. The number of benzene rings is 3. The summed E-state index contributed by atoms with van der Waals surface area (Å²) >= 11 is 0. The van der Waals surface area contributed by atoms with Crippen LogP contribution in [0.15, 0.2) is 67.3 Å². The fourth-order valence-electron chi connectivity index (χ4n) is 3.04. The Morgan fingerprint density at radius 1 is 1.19 bits per heavy atom. The molecule has 0 heterocycles. The van der Waals surface area contributed by atoms with Gasteiger partial charge in [-0.3, -0.25) is 0 Å². The lowest BCUT2D eigenvalue weighted by Crippen LogP contribution is -1.92. The van der Waals surface area contributed by atoms with Gasteiger partial charge in [0.1, 0.15) is 0 Å². The third-order valence-electron chi connectivity index (χ3n) is 4.27. The molecular weight excluding hydrogens is 322 g/mol. The van der Waals surface area contributed by atoms with Crippen LogP contribution >= 0.6 is 0 Å². The molecule has 0 saturated heterocycles. The molecule has 128 valence electrons. The molecule has 3 rings (SSSR count). The standard InChI is InChI=1S/C23H19NO2/c1-3-7-18-12-16(14-22(26-2)23(18)25)13-19(15-24)21-11-6-9-17-8-4-5-10-20(17)21/h3-6,8-14,25H,1,7H2,2H3/b19-13+. The summed E-state index contributed by atoms with van der Waals surface area (Å²) in [5.41, 5.74) is 2.93. The summed E-state index contributed by atoms with van der Waals surface area (Å²) in [5, 5.41) is 22.1. The number of aromatic hydroxyl groups is 1. The molecule has 3 heteroatoms. The zero-order chi connectivity index (χ0) is 18.5. The van der Waals surface area contributed by atoms with Gasteiger partial charge in [0, 0.05) is 11.1 Å². The number of nitriles is 1. The van der Waals surface area contributed by atoms with Crippen LogP contribution in [0.25, 0.3) is 22.4 Å². The average Bonchev–Trinajstić information content (AvgIpc) is 2.68. The van der Waals surface area contributed by atoms with Gasteiger partial charge in [-0.05, 0) is 41.0 Å².